The van der Waals surface area contributed by atoms with Crippen LogP contribution in [0, 0.1) is 6.92 Å². The topological polar surface area (TPSA) is 72.5 Å². The molecule has 1 amide bonds. The highest BCUT2D eigenvalue weighted by atomic mass is 79.9. The van der Waals surface area contributed by atoms with Crippen LogP contribution in [0.15, 0.2) is 21.5 Å². The van der Waals surface area contributed by atoms with Crippen molar-refractivity contribution < 1.29 is 17.9 Å². The Morgan fingerprint density at radius 1 is 1.50 bits per heavy atom. The molecular formula is C12H15BrClNO4S. The summed E-state index contributed by atoms with van der Waals surface area (Å²) < 4.78 is 29.2. The molecule has 1 aromatic carbocycles. The van der Waals surface area contributed by atoms with E-state index in [0.29, 0.717) is 16.6 Å². The third kappa shape index (κ3) is 4.36. The van der Waals surface area contributed by atoms with E-state index in [1.54, 1.807) is 19.9 Å². The number of rotatable bonds is 5. The van der Waals surface area contributed by atoms with Crippen molar-refractivity contribution in [3.8, 4) is 5.75 Å². The van der Waals surface area contributed by atoms with Gasteiger partial charge in [0.2, 0.25) is 0 Å². The van der Waals surface area contributed by atoms with Crippen molar-refractivity contribution >= 4 is 41.6 Å². The lowest BCUT2D eigenvalue weighted by atomic mass is 10.2. The van der Waals surface area contributed by atoms with Gasteiger partial charge in [-0.05, 0) is 38.5 Å². The van der Waals surface area contributed by atoms with Gasteiger partial charge in [0.05, 0.1) is 0 Å². The van der Waals surface area contributed by atoms with Gasteiger partial charge in [-0.2, -0.15) is 0 Å². The van der Waals surface area contributed by atoms with Crippen LogP contribution in [0.2, 0.25) is 0 Å². The molecule has 1 N–H and O–H groups in total. The summed E-state index contributed by atoms with van der Waals surface area (Å²) in [5.74, 6) is -0.241. The van der Waals surface area contributed by atoms with Crippen molar-refractivity contribution in [3.05, 3.63) is 22.2 Å². The maximum atomic E-state index is 11.7. The molecule has 0 saturated heterocycles. The van der Waals surface area contributed by atoms with Crippen LogP contribution in [-0.4, -0.2) is 27.0 Å². The smallest absolute Gasteiger partial charge is 0.265 e. The molecule has 0 aromatic heterocycles. The molecule has 0 aliphatic heterocycles. The highest BCUT2D eigenvalue weighted by Gasteiger charge is 2.23. The fourth-order valence-electron chi connectivity index (χ4n) is 1.58. The second kappa shape index (κ2) is 6.78. The molecule has 0 aliphatic rings. The summed E-state index contributed by atoms with van der Waals surface area (Å²) in [6.07, 6.45) is -0.827. The van der Waals surface area contributed by atoms with Crippen LogP contribution in [0.1, 0.15) is 19.4 Å². The lowest BCUT2D eigenvalue weighted by Crippen LogP contribution is -2.36. The third-order valence-electron chi connectivity index (χ3n) is 2.48. The zero-order chi connectivity index (χ0) is 15.5. The minimum absolute atomic E-state index is 0.0851. The Morgan fingerprint density at radius 3 is 2.60 bits per heavy atom. The Hall–Kier alpha value is -0.790. The van der Waals surface area contributed by atoms with E-state index in [1.165, 1.54) is 13.0 Å². The number of ether oxygens (including phenoxy) is 1. The van der Waals surface area contributed by atoms with Crippen LogP contribution in [0.4, 0.5) is 0 Å². The lowest BCUT2D eigenvalue weighted by Gasteiger charge is -2.18. The van der Waals surface area contributed by atoms with Crippen molar-refractivity contribution in [2.45, 2.75) is 31.8 Å². The van der Waals surface area contributed by atoms with E-state index in [1.807, 2.05) is 0 Å². The minimum atomic E-state index is -3.98. The summed E-state index contributed by atoms with van der Waals surface area (Å²) in [7, 11) is 1.43. The van der Waals surface area contributed by atoms with Crippen molar-refractivity contribution in [2.24, 2.45) is 0 Å². The Balaban J connectivity index is 3.21. The summed E-state index contributed by atoms with van der Waals surface area (Å²) in [6.45, 7) is 5.46. The van der Waals surface area contributed by atoms with E-state index in [0.717, 1.165) is 0 Å². The average molecular weight is 385 g/mol. The Morgan fingerprint density at radius 2 is 2.10 bits per heavy atom. The van der Waals surface area contributed by atoms with Gasteiger partial charge in [0.25, 0.3) is 15.0 Å². The van der Waals surface area contributed by atoms with Gasteiger partial charge in [0.15, 0.2) is 6.10 Å². The van der Waals surface area contributed by atoms with Crippen molar-refractivity contribution in [2.75, 3.05) is 6.54 Å². The molecule has 0 heterocycles. The number of benzene rings is 1. The van der Waals surface area contributed by atoms with Crippen LogP contribution in [0.25, 0.3) is 0 Å². The third-order valence-corrected chi connectivity index (χ3v) is 4.27. The molecule has 0 aliphatic carbocycles. The van der Waals surface area contributed by atoms with Gasteiger partial charge >= 0.3 is 0 Å². The first-order valence-corrected chi connectivity index (χ1v) is 8.96. The predicted octanol–water partition coefficient (Wildman–Crippen LogP) is 2.59. The standard InChI is InChI=1S/C12H15BrClNO4S/c1-4-15-12(16)8(3)19-11-7(2)5-9(13)6-10(11)20(14,17)18/h5-6,8H,4H2,1-3H3,(H,15,16). The Labute approximate surface area is 131 Å². The first-order chi connectivity index (χ1) is 9.16. The molecule has 0 radical (unpaired) electrons. The van der Waals surface area contributed by atoms with Crippen LogP contribution >= 0.6 is 26.6 Å². The Bertz CT molecular complexity index is 618. The second-order valence-corrected chi connectivity index (χ2v) is 7.59. The van der Waals surface area contributed by atoms with Gasteiger partial charge in [-0.1, -0.05) is 15.9 Å². The molecule has 0 fully saturated rings. The predicted molar refractivity (Wildman–Crippen MR) is 80.7 cm³/mol. The van der Waals surface area contributed by atoms with Gasteiger partial charge in [-0.15, -0.1) is 0 Å². The number of aryl methyl sites for hydroxylation is 1. The van der Waals surface area contributed by atoms with E-state index >= 15 is 0 Å². The first-order valence-electron chi connectivity index (χ1n) is 5.86. The van der Waals surface area contributed by atoms with E-state index in [9.17, 15) is 13.2 Å². The molecule has 0 spiro atoms. The molecule has 5 nitrogen and oxygen atoms in total. The summed E-state index contributed by atoms with van der Waals surface area (Å²) in [5.41, 5.74) is 0.565. The van der Waals surface area contributed by atoms with Crippen LogP contribution < -0.4 is 10.1 Å². The number of carbonyl (C=O) groups excluding carboxylic acids is 1. The van der Waals surface area contributed by atoms with Crippen LogP contribution in [-0.2, 0) is 13.8 Å². The summed E-state index contributed by atoms with van der Waals surface area (Å²) in [6, 6.07) is 3.03. The molecule has 0 saturated carbocycles. The van der Waals surface area contributed by atoms with Crippen molar-refractivity contribution in [1.82, 2.24) is 5.32 Å². The fraction of sp³-hybridized carbons (Fsp3) is 0.417. The first kappa shape index (κ1) is 17.3. The molecule has 112 valence electrons. The molecule has 1 unspecified atom stereocenters. The van der Waals surface area contributed by atoms with E-state index in [4.69, 9.17) is 15.4 Å². The van der Waals surface area contributed by atoms with Crippen molar-refractivity contribution in [3.63, 3.8) is 0 Å². The average Bonchev–Trinajstić information content (AvgIpc) is 2.31. The summed E-state index contributed by atoms with van der Waals surface area (Å²) >= 11 is 3.20. The highest BCUT2D eigenvalue weighted by molar-refractivity contribution is 9.10. The summed E-state index contributed by atoms with van der Waals surface area (Å²) in [4.78, 5) is 11.5. The van der Waals surface area contributed by atoms with Gasteiger partial charge < -0.3 is 10.1 Å². The number of carbonyl (C=O) groups is 1. The van der Waals surface area contributed by atoms with E-state index in [-0.39, 0.29) is 16.6 Å². The van der Waals surface area contributed by atoms with Gasteiger partial charge in [-0.25, -0.2) is 8.42 Å². The van der Waals surface area contributed by atoms with Gasteiger partial charge in [0.1, 0.15) is 10.6 Å². The number of hydrogen-bond acceptors (Lipinski definition) is 4. The zero-order valence-corrected chi connectivity index (χ0v) is 14.4. The quantitative estimate of drug-likeness (QED) is 0.792. The maximum Gasteiger partial charge on any atom is 0.265 e. The SMILES string of the molecule is CCNC(=O)C(C)Oc1c(C)cc(Br)cc1S(=O)(=O)Cl. The monoisotopic (exact) mass is 383 g/mol. The molecule has 1 rings (SSSR count). The molecular weight excluding hydrogens is 370 g/mol. The van der Waals surface area contributed by atoms with E-state index in [2.05, 4.69) is 21.2 Å². The van der Waals surface area contributed by atoms with Crippen LogP contribution in [0.3, 0.4) is 0 Å². The fourth-order valence-corrected chi connectivity index (χ4v) is 3.35. The maximum absolute atomic E-state index is 11.7. The summed E-state index contributed by atoms with van der Waals surface area (Å²) in [5, 5.41) is 2.60. The number of likely N-dealkylation sites (N-methyl/N-ethyl adjacent to an activating group) is 1. The molecule has 1 aromatic rings. The number of hydrogen-bond donors (Lipinski definition) is 1. The number of amides is 1. The molecule has 8 heteroatoms. The van der Waals surface area contributed by atoms with Crippen molar-refractivity contribution in [1.29, 1.82) is 0 Å². The van der Waals surface area contributed by atoms with Crippen LogP contribution in [0.5, 0.6) is 5.75 Å². The molecule has 20 heavy (non-hydrogen) atoms. The zero-order valence-electron chi connectivity index (χ0n) is 11.2. The number of halogens is 2. The minimum Gasteiger partial charge on any atom is -0.479 e. The normalized spacial score (nSPS) is 12.8. The number of nitrogens with one attached hydrogen (secondary N) is 1. The molecule has 1 atom stereocenters. The highest BCUT2D eigenvalue weighted by Crippen LogP contribution is 2.34. The molecule has 0 bridgehead atoms. The van der Waals surface area contributed by atoms with E-state index < -0.39 is 15.2 Å². The Kier molecular flexibility index (Phi) is 5.85. The largest absolute Gasteiger partial charge is 0.479 e. The lowest BCUT2D eigenvalue weighted by molar-refractivity contribution is -0.127. The van der Waals surface area contributed by atoms with Gasteiger partial charge in [0, 0.05) is 21.7 Å². The second-order valence-electron chi connectivity index (χ2n) is 4.14. The van der Waals surface area contributed by atoms with Gasteiger partial charge in [-0.3, -0.25) is 4.79 Å².